The van der Waals surface area contributed by atoms with E-state index in [4.69, 9.17) is 4.74 Å². The molecule has 2 aliphatic heterocycles. The van der Waals surface area contributed by atoms with E-state index in [2.05, 4.69) is 24.7 Å². The number of hydrogen-bond donors (Lipinski definition) is 0. The number of nitrogens with zero attached hydrogens (tertiary/aromatic N) is 5. The fourth-order valence-electron chi connectivity index (χ4n) is 5.85. The first-order valence-corrected chi connectivity index (χ1v) is 18.4. The molecule has 3 aromatic rings. The Morgan fingerprint density at radius 2 is 1.77 bits per heavy atom. The zero-order chi connectivity index (χ0) is 30.9. The van der Waals surface area contributed by atoms with E-state index in [0.29, 0.717) is 50.6 Å². The third-order valence-electron chi connectivity index (χ3n) is 8.17. The molecule has 0 atom stereocenters. The Bertz CT molecular complexity index is 1430. The molecule has 1 aromatic heterocycles. The van der Waals surface area contributed by atoms with E-state index >= 15 is 0 Å². The number of halogens is 4. The van der Waals surface area contributed by atoms with E-state index in [0.717, 1.165) is 23.2 Å². The molecular weight excluding hydrogens is 578 g/mol. The lowest BCUT2D eigenvalue weighted by Gasteiger charge is -2.43. The highest BCUT2D eigenvalue weighted by molar-refractivity contribution is 6.76. The number of hydrogen-bond acceptors (Lipinski definition) is 4. The van der Waals surface area contributed by atoms with Gasteiger partial charge in [0, 0.05) is 45.6 Å². The summed E-state index contributed by atoms with van der Waals surface area (Å²) in [5.41, 5.74) is 1.41. The number of fused-ring (bicyclic) bond motifs is 1. The summed E-state index contributed by atoms with van der Waals surface area (Å²) in [6, 6.07) is 10.8. The van der Waals surface area contributed by atoms with Crippen LogP contribution in [0.25, 0.3) is 0 Å². The summed E-state index contributed by atoms with van der Waals surface area (Å²) in [5.74, 6) is 0.0811. The Morgan fingerprint density at radius 3 is 2.44 bits per heavy atom. The standard InChI is InChI=1S/C31H39F4N5O2Si/c1-22-8-7-11-27(32)28(22)37-14-12-25(13-15-37)39-20-24-18-38(21-42-16-17-43(2,3)4)36-29(24)40(30(39)41)19-23-9-5-6-10-26(23)31(33,34)35/h5-11,18,25H,12-17,19-21H2,1-4H3. The highest BCUT2D eigenvalue weighted by atomic mass is 28.3. The number of rotatable bonds is 9. The van der Waals surface area contributed by atoms with Gasteiger partial charge in [0.05, 0.1) is 24.3 Å². The first-order valence-electron chi connectivity index (χ1n) is 14.7. The molecule has 0 saturated carbocycles. The number of benzene rings is 2. The van der Waals surface area contributed by atoms with Crippen LogP contribution >= 0.6 is 0 Å². The smallest absolute Gasteiger partial charge is 0.369 e. The van der Waals surface area contributed by atoms with Crippen LogP contribution < -0.4 is 9.80 Å². The average Bonchev–Trinajstić information content (AvgIpc) is 3.35. The van der Waals surface area contributed by atoms with Crippen LogP contribution in [-0.2, 0) is 30.7 Å². The Labute approximate surface area is 251 Å². The van der Waals surface area contributed by atoms with Gasteiger partial charge in [-0.1, -0.05) is 50.0 Å². The topological polar surface area (TPSA) is 53.8 Å². The SMILES string of the molecule is Cc1cccc(F)c1N1CCC(N2Cc3cn(COCC[Si](C)(C)C)nc3N(Cc3ccccc3C(F)(F)F)C2=O)CC1. The van der Waals surface area contributed by atoms with Crippen molar-refractivity contribution in [1.29, 1.82) is 0 Å². The number of para-hydroxylation sites is 1. The van der Waals surface area contributed by atoms with Gasteiger partial charge in [-0.2, -0.15) is 18.3 Å². The molecule has 2 aliphatic rings. The van der Waals surface area contributed by atoms with Gasteiger partial charge in [0.1, 0.15) is 12.5 Å². The lowest BCUT2D eigenvalue weighted by Crippen LogP contribution is -2.54. The zero-order valence-electron chi connectivity index (χ0n) is 25.1. The molecule has 3 heterocycles. The summed E-state index contributed by atoms with van der Waals surface area (Å²) >= 11 is 0. The lowest BCUT2D eigenvalue weighted by atomic mass is 10.00. The number of ether oxygens (including phenoxy) is 1. The summed E-state index contributed by atoms with van der Waals surface area (Å²) in [4.78, 5) is 19.1. The van der Waals surface area contributed by atoms with E-state index < -0.39 is 19.8 Å². The molecule has 2 amide bonds. The van der Waals surface area contributed by atoms with Crippen LogP contribution in [0.15, 0.2) is 48.7 Å². The maximum absolute atomic E-state index is 14.7. The number of aryl methyl sites for hydroxylation is 1. The van der Waals surface area contributed by atoms with Crippen LogP contribution in [0.2, 0.25) is 25.7 Å². The second-order valence-corrected chi connectivity index (χ2v) is 18.3. The van der Waals surface area contributed by atoms with Crippen LogP contribution in [0.5, 0.6) is 0 Å². The molecule has 0 unspecified atom stereocenters. The van der Waals surface area contributed by atoms with Crippen molar-refractivity contribution in [2.24, 2.45) is 0 Å². The van der Waals surface area contributed by atoms with Gasteiger partial charge in [0.15, 0.2) is 5.82 Å². The first-order chi connectivity index (χ1) is 20.3. The van der Waals surface area contributed by atoms with E-state index in [-0.39, 0.29) is 36.7 Å². The molecule has 12 heteroatoms. The Balaban J connectivity index is 1.39. The summed E-state index contributed by atoms with van der Waals surface area (Å²) in [5, 5.41) is 4.61. The number of piperidine rings is 1. The fourth-order valence-corrected chi connectivity index (χ4v) is 6.60. The summed E-state index contributed by atoms with van der Waals surface area (Å²) < 4.78 is 63.8. The summed E-state index contributed by atoms with van der Waals surface area (Å²) in [6.07, 6.45) is -1.52. The third-order valence-corrected chi connectivity index (χ3v) is 9.87. The predicted molar refractivity (Wildman–Crippen MR) is 161 cm³/mol. The van der Waals surface area contributed by atoms with Crippen molar-refractivity contribution in [3.05, 3.63) is 76.7 Å². The highest BCUT2D eigenvalue weighted by Crippen LogP contribution is 2.37. The third kappa shape index (κ3) is 7.06. The van der Waals surface area contributed by atoms with Gasteiger partial charge in [-0.3, -0.25) is 4.90 Å². The zero-order valence-corrected chi connectivity index (χ0v) is 26.1. The van der Waals surface area contributed by atoms with Gasteiger partial charge in [0.25, 0.3) is 0 Å². The molecule has 0 N–H and O–H groups in total. The molecule has 1 fully saturated rings. The second-order valence-electron chi connectivity index (χ2n) is 12.6. The molecule has 0 radical (unpaired) electrons. The fraction of sp³-hybridized carbons (Fsp3) is 0.484. The number of carbonyl (C=O) groups excluding carboxylic acids is 1. The Morgan fingerprint density at radius 1 is 1.05 bits per heavy atom. The summed E-state index contributed by atoms with van der Waals surface area (Å²) in [7, 11) is -1.28. The van der Waals surface area contributed by atoms with Crippen molar-refractivity contribution in [3.8, 4) is 0 Å². The van der Waals surface area contributed by atoms with Crippen LogP contribution in [0.4, 0.5) is 33.9 Å². The number of carbonyl (C=O) groups is 1. The minimum absolute atomic E-state index is 0.00179. The molecule has 5 rings (SSSR count). The number of urea groups is 1. The molecular formula is C31H39F4N5O2Si. The first kappa shape index (κ1) is 31.1. The maximum Gasteiger partial charge on any atom is 0.416 e. The highest BCUT2D eigenvalue weighted by Gasteiger charge is 2.40. The molecule has 2 aromatic carbocycles. The van der Waals surface area contributed by atoms with Gasteiger partial charge in [-0.05, 0) is 49.1 Å². The van der Waals surface area contributed by atoms with Crippen molar-refractivity contribution in [2.75, 3.05) is 29.5 Å². The van der Waals surface area contributed by atoms with E-state index in [1.165, 1.54) is 23.1 Å². The van der Waals surface area contributed by atoms with E-state index in [1.54, 1.807) is 21.7 Å². The minimum Gasteiger partial charge on any atom is -0.369 e. The van der Waals surface area contributed by atoms with Gasteiger partial charge in [-0.15, -0.1) is 0 Å². The van der Waals surface area contributed by atoms with Crippen LogP contribution in [0, 0.1) is 12.7 Å². The van der Waals surface area contributed by atoms with E-state index in [1.807, 2.05) is 24.1 Å². The van der Waals surface area contributed by atoms with Gasteiger partial charge in [-0.25, -0.2) is 13.9 Å². The van der Waals surface area contributed by atoms with Crippen molar-refractivity contribution in [2.45, 2.75) is 77.5 Å². The normalized spacial score (nSPS) is 16.7. The van der Waals surface area contributed by atoms with Gasteiger partial charge >= 0.3 is 12.2 Å². The second kappa shape index (κ2) is 12.3. The molecule has 0 bridgehead atoms. The number of alkyl halides is 3. The van der Waals surface area contributed by atoms with Crippen LogP contribution in [0.1, 0.15) is 35.1 Å². The molecule has 1 saturated heterocycles. The van der Waals surface area contributed by atoms with Crippen molar-refractivity contribution in [1.82, 2.24) is 14.7 Å². The maximum atomic E-state index is 14.7. The van der Waals surface area contributed by atoms with Gasteiger partial charge in [0.2, 0.25) is 0 Å². The number of anilines is 2. The van der Waals surface area contributed by atoms with Crippen LogP contribution in [-0.4, -0.2) is 54.5 Å². The predicted octanol–water partition coefficient (Wildman–Crippen LogP) is 7.27. The Kier molecular flexibility index (Phi) is 8.89. The minimum atomic E-state index is -4.56. The largest absolute Gasteiger partial charge is 0.416 e. The van der Waals surface area contributed by atoms with E-state index in [9.17, 15) is 22.4 Å². The summed E-state index contributed by atoms with van der Waals surface area (Å²) in [6.45, 7) is 10.6. The molecule has 0 spiro atoms. The van der Waals surface area contributed by atoms with Crippen molar-refractivity contribution >= 4 is 25.6 Å². The Hall–Kier alpha value is -3.38. The van der Waals surface area contributed by atoms with Gasteiger partial charge < -0.3 is 14.5 Å². The number of amides is 2. The quantitative estimate of drug-likeness (QED) is 0.144. The molecule has 0 aliphatic carbocycles. The monoisotopic (exact) mass is 617 g/mol. The van der Waals surface area contributed by atoms with Crippen molar-refractivity contribution in [3.63, 3.8) is 0 Å². The average molecular weight is 618 g/mol. The molecule has 7 nitrogen and oxygen atoms in total. The van der Waals surface area contributed by atoms with Crippen LogP contribution in [0.3, 0.4) is 0 Å². The number of aromatic nitrogens is 2. The molecule has 232 valence electrons. The molecule has 43 heavy (non-hydrogen) atoms. The van der Waals surface area contributed by atoms with Crippen molar-refractivity contribution < 1.29 is 27.1 Å². The lowest BCUT2D eigenvalue weighted by molar-refractivity contribution is -0.138.